The van der Waals surface area contributed by atoms with Gasteiger partial charge in [-0.25, -0.2) is 14.8 Å². The van der Waals surface area contributed by atoms with Crippen molar-refractivity contribution >= 4 is 28.7 Å². The summed E-state index contributed by atoms with van der Waals surface area (Å²) in [5.74, 6) is 1.07. The van der Waals surface area contributed by atoms with Crippen molar-refractivity contribution in [2.24, 2.45) is 0 Å². The topological polar surface area (TPSA) is 97.9 Å². The number of fused-ring (bicyclic) bond motifs is 1. The van der Waals surface area contributed by atoms with Crippen LogP contribution in [0.15, 0.2) is 59.5 Å². The molecule has 8 heteroatoms. The molecule has 8 nitrogen and oxygen atoms in total. The lowest BCUT2D eigenvalue weighted by molar-refractivity contribution is 0.262. The van der Waals surface area contributed by atoms with E-state index in [1.807, 2.05) is 61.7 Å². The fourth-order valence-electron chi connectivity index (χ4n) is 2.71. The third kappa shape index (κ3) is 3.57. The number of anilines is 2. The van der Waals surface area contributed by atoms with E-state index in [1.54, 1.807) is 18.6 Å². The second-order valence-electron chi connectivity index (χ2n) is 7.41. The summed E-state index contributed by atoms with van der Waals surface area (Å²) >= 11 is 0. The zero-order chi connectivity index (χ0) is 19.7. The Kier molecular flexibility index (Phi) is 4.31. The van der Waals surface area contributed by atoms with Gasteiger partial charge < -0.3 is 9.84 Å². The van der Waals surface area contributed by atoms with Crippen LogP contribution < -0.4 is 10.6 Å². The summed E-state index contributed by atoms with van der Waals surface area (Å²) in [5, 5.41) is 9.32. The smallest absolute Gasteiger partial charge is 0.324 e. The molecule has 0 aliphatic heterocycles. The summed E-state index contributed by atoms with van der Waals surface area (Å²) in [7, 11) is 0. The Bertz CT molecular complexity index is 1120. The summed E-state index contributed by atoms with van der Waals surface area (Å²) in [6.45, 7) is 6.04. The summed E-state index contributed by atoms with van der Waals surface area (Å²) in [6, 6.07) is 12.5. The minimum atomic E-state index is -0.392. The number of rotatable bonds is 3. The molecule has 0 radical (unpaired) electrons. The maximum absolute atomic E-state index is 12.2. The van der Waals surface area contributed by atoms with Crippen molar-refractivity contribution in [2.75, 3.05) is 10.6 Å². The highest BCUT2D eigenvalue weighted by Crippen LogP contribution is 2.24. The molecule has 0 bridgehead atoms. The van der Waals surface area contributed by atoms with Crippen LogP contribution in [0.3, 0.4) is 0 Å². The van der Waals surface area contributed by atoms with E-state index in [-0.39, 0.29) is 5.41 Å². The molecule has 4 rings (SSSR count). The van der Waals surface area contributed by atoms with Gasteiger partial charge in [-0.3, -0.25) is 9.88 Å². The maximum Gasteiger partial charge on any atom is 0.324 e. The number of aromatic nitrogens is 4. The number of carbonyl (C=O) groups excluding carboxylic acids is 1. The minimum absolute atomic E-state index is 0.175. The van der Waals surface area contributed by atoms with Gasteiger partial charge in [-0.2, -0.15) is 0 Å². The van der Waals surface area contributed by atoms with E-state index >= 15 is 0 Å². The first kappa shape index (κ1) is 17.7. The molecule has 0 aliphatic rings. The number of carbonyl (C=O) groups is 1. The molecule has 0 aliphatic carbocycles. The Morgan fingerprint density at radius 2 is 1.86 bits per heavy atom. The predicted octanol–water partition coefficient (Wildman–Crippen LogP) is 4.35. The van der Waals surface area contributed by atoms with Crippen LogP contribution in [0.25, 0.3) is 16.9 Å². The molecule has 1 aromatic carbocycles. The Balaban J connectivity index is 1.44. The molecule has 0 saturated heterocycles. The molecule has 4 aromatic rings. The summed E-state index contributed by atoms with van der Waals surface area (Å²) < 4.78 is 7.16. The minimum Gasteiger partial charge on any atom is -0.359 e. The monoisotopic (exact) mass is 376 g/mol. The van der Waals surface area contributed by atoms with E-state index in [9.17, 15) is 4.79 Å². The van der Waals surface area contributed by atoms with Crippen LogP contribution in [0.4, 0.5) is 16.3 Å². The molecule has 3 aromatic heterocycles. The van der Waals surface area contributed by atoms with Crippen LogP contribution in [-0.4, -0.2) is 25.7 Å². The zero-order valence-electron chi connectivity index (χ0n) is 15.8. The van der Waals surface area contributed by atoms with Crippen molar-refractivity contribution < 1.29 is 9.32 Å². The van der Waals surface area contributed by atoms with Crippen molar-refractivity contribution in [3.05, 3.63) is 60.7 Å². The molecule has 3 heterocycles. The van der Waals surface area contributed by atoms with E-state index in [1.165, 1.54) is 0 Å². The van der Waals surface area contributed by atoms with E-state index in [0.29, 0.717) is 17.3 Å². The van der Waals surface area contributed by atoms with Crippen molar-refractivity contribution in [1.82, 2.24) is 19.7 Å². The molecule has 0 saturated carbocycles. The fourth-order valence-corrected chi connectivity index (χ4v) is 2.71. The van der Waals surface area contributed by atoms with Crippen LogP contribution in [0.5, 0.6) is 0 Å². The molecule has 0 spiro atoms. The predicted molar refractivity (Wildman–Crippen MR) is 107 cm³/mol. The zero-order valence-corrected chi connectivity index (χ0v) is 15.8. The van der Waals surface area contributed by atoms with E-state index in [2.05, 4.69) is 25.8 Å². The maximum atomic E-state index is 12.2. The molecular weight excluding hydrogens is 356 g/mol. The standard InChI is InChI=1S/C20H20N6O2/c1-20(2,3)16-11-17(25-28-16)24-19(27)23-13-6-8-14(9-7-13)26-12-22-15-5-4-10-21-18(15)26/h4-12H,1-3H3,(H2,23,24,25,27). The van der Waals surface area contributed by atoms with Crippen LogP contribution >= 0.6 is 0 Å². The van der Waals surface area contributed by atoms with Gasteiger partial charge >= 0.3 is 6.03 Å². The van der Waals surface area contributed by atoms with Crippen LogP contribution in [0, 0.1) is 0 Å². The number of nitrogens with one attached hydrogen (secondary N) is 2. The average molecular weight is 376 g/mol. The number of pyridine rings is 1. The highest BCUT2D eigenvalue weighted by atomic mass is 16.5. The normalized spacial score (nSPS) is 11.5. The van der Waals surface area contributed by atoms with Crippen LogP contribution in [0.2, 0.25) is 0 Å². The first-order valence-electron chi connectivity index (χ1n) is 8.84. The molecular formula is C20H20N6O2. The molecule has 2 N–H and O–H groups in total. The van der Waals surface area contributed by atoms with Crippen molar-refractivity contribution in [3.8, 4) is 5.69 Å². The third-order valence-corrected chi connectivity index (χ3v) is 4.20. The SMILES string of the molecule is CC(C)(C)c1cc(NC(=O)Nc2ccc(-n3cnc4cccnc43)cc2)no1. The molecule has 142 valence electrons. The van der Waals surface area contributed by atoms with Gasteiger partial charge in [-0.05, 0) is 36.4 Å². The summed E-state index contributed by atoms with van der Waals surface area (Å²) in [5.41, 5.74) is 2.98. The Labute approximate surface area is 161 Å². The summed E-state index contributed by atoms with van der Waals surface area (Å²) in [4.78, 5) is 20.9. The largest absolute Gasteiger partial charge is 0.359 e. The second kappa shape index (κ2) is 6.80. The Morgan fingerprint density at radius 3 is 2.57 bits per heavy atom. The lowest BCUT2D eigenvalue weighted by atomic mass is 9.93. The van der Waals surface area contributed by atoms with Gasteiger partial charge in [-0.15, -0.1) is 0 Å². The average Bonchev–Trinajstić information content (AvgIpc) is 3.29. The van der Waals surface area contributed by atoms with Gasteiger partial charge in [0.05, 0.1) is 0 Å². The fraction of sp³-hybridized carbons (Fsp3) is 0.200. The first-order valence-corrected chi connectivity index (χ1v) is 8.84. The number of hydrogen-bond donors (Lipinski definition) is 2. The van der Waals surface area contributed by atoms with E-state index in [0.717, 1.165) is 16.9 Å². The molecule has 2 amide bonds. The van der Waals surface area contributed by atoms with Gasteiger partial charge in [0.2, 0.25) is 0 Å². The lowest BCUT2D eigenvalue weighted by Gasteiger charge is -2.12. The lowest BCUT2D eigenvalue weighted by Crippen LogP contribution is -2.19. The molecule has 0 atom stereocenters. The second-order valence-corrected chi connectivity index (χ2v) is 7.41. The first-order chi connectivity index (χ1) is 13.4. The number of benzene rings is 1. The van der Waals surface area contributed by atoms with Gasteiger partial charge in [0.25, 0.3) is 0 Å². The van der Waals surface area contributed by atoms with Gasteiger partial charge in [0, 0.05) is 29.1 Å². The van der Waals surface area contributed by atoms with Gasteiger partial charge in [-0.1, -0.05) is 25.9 Å². The quantitative estimate of drug-likeness (QED) is 0.554. The third-order valence-electron chi connectivity index (χ3n) is 4.20. The van der Waals surface area contributed by atoms with Crippen molar-refractivity contribution in [1.29, 1.82) is 0 Å². The van der Waals surface area contributed by atoms with Crippen LogP contribution in [0.1, 0.15) is 26.5 Å². The van der Waals surface area contributed by atoms with Crippen molar-refractivity contribution in [2.45, 2.75) is 26.2 Å². The number of amides is 2. The highest BCUT2D eigenvalue weighted by Gasteiger charge is 2.20. The molecule has 0 fully saturated rings. The van der Waals surface area contributed by atoms with Crippen LogP contribution in [-0.2, 0) is 5.41 Å². The number of hydrogen-bond acceptors (Lipinski definition) is 5. The van der Waals surface area contributed by atoms with E-state index < -0.39 is 6.03 Å². The van der Waals surface area contributed by atoms with Gasteiger partial charge in [0.1, 0.15) is 17.6 Å². The Morgan fingerprint density at radius 1 is 1.07 bits per heavy atom. The Hall–Kier alpha value is -3.68. The number of imidazole rings is 1. The van der Waals surface area contributed by atoms with E-state index in [4.69, 9.17) is 4.52 Å². The number of nitrogens with zero attached hydrogens (tertiary/aromatic N) is 4. The molecule has 28 heavy (non-hydrogen) atoms. The van der Waals surface area contributed by atoms with Crippen molar-refractivity contribution in [3.63, 3.8) is 0 Å². The highest BCUT2D eigenvalue weighted by molar-refractivity contribution is 5.99. The van der Waals surface area contributed by atoms with Gasteiger partial charge in [0.15, 0.2) is 11.5 Å². The molecule has 0 unspecified atom stereocenters. The summed E-state index contributed by atoms with van der Waals surface area (Å²) in [6.07, 6.45) is 3.46. The number of urea groups is 1.